The summed E-state index contributed by atoms with van der Waals surface area (Å²) in [5.74, 6) is 1.21. The van der Waals surface area contributed by atoms with Gasteiger partial charge in [0.25, 0.3) is 0 Å². The van der Waals surface area contributed by atoms with Crippen LogP contribution in [0.1, 0.15) is 51.8 Å². The third kappa shape index (κ3) is 4.60. The van der Waals surface area contributed by atoms with E-state index in [1.165, 1.54) is 31.5 Å². The summed E-state index contributed by atoms with van der Waals surface area (Å²) in [7, 11) is 0. The number of nitrogens with zero attached hydrogens (tertiary/aromatic N) is 2. The van der Waals surface area contributed by atoms with Crippen molar-refractivity contribution >= 4 is 0 Å². The lowest BCUT2D eigenvalue weighted by Crippen LogP contribution is -2.33. The molecule has 1 aromatic heterocycles. The van der Waals surface area contributed by atoms with Gasteiger partial charge < -0.3 is 14.6 Å². The Bertz CT molecular complexity index is 372. The number of aryl methyl sites for hydroxylation is 1. The van der Waals surface area contributed by atoms with Crippen molar-refractivity contribution in [3.63, 3.8) is 0 Å². The highest BCUT2D eigenvalue weighted by molar-refractivity contribution is 4.96. The Kier molecular flexibility index (Phi) is 6.54. The topological polar surface area (TPSA) is 39.1 Å². The van der Waals surface area contributed by atoms with Crippen molar-refractivity contribution in [3.05, 3.63) is 18.2 Å². The summed E-state index contributed by atoms with van der Waals surface area (Å²) < 4.78 is 8.02. The van der Waals surface area contributed by atoms with Gasteiger partial charge in [-0.15, -0.1) is 0 Å². The van der Waals surface area contributed by atoms with E-state index < -0.39 is 0 Å². The summed E-state index contributed by atoms with van der Waals surface area (Å²) in [6, 6.07) is 0.516. The first-order chi connectivity index (χ1) is 9.83. The molecular weight excluding hydrogens is 250 g/mol. The van der Waals surface area contributed by atoms with Crippen LogP contribution in [0.3, 0.4) is 0 Å². The minimum atomic E-state index is 0.492. The summed E-state index contributed by atoms with van der Waals surface area (Å²) in [6.07, 6.45) is 11.5. The number of hydrogen-bond acceptors (Lipinski definition) is 3. The molecule has 2 heterocycles. The van der Waals surface area contributed by atoms with Gasteiger partial charge in [-0.1, -0.05) is 13.8 Å². The smallest absolute Gasteiger partial charge is 0.110 e. The van der Waals surface area contributed by atoms with Gasteiger partial charge in [-0.25, -0.2) is 4.98 Å². The van der Waals surface area contributed by atoms with E-state index in [2.05, 4.69) is 34.9 Å². The van der Waals surface area contributed by atoms with Gasteiger partial charge in [0.05, 0.1) is 6.10 Å². The molecule has 1 aliphatic heterocycles. The monoisotopic (exact) mass is 279 g/mol. The molecule has 4 heteroatoms. The second-order valence-corrected chi connectivity index (χ2v) is 5.71. The van der Waals surface area contributed by atoms with Crippen LogP contribution in [0.15, 0.2) is 12.4 Å². The van der Waals surface area contributed by atoms with Crippen LogP contribution in [0.25, 0.3) is 0 Å². The van der Waals surface area contributed by atoms with E-state index in [-0.39, 0.29) is 0 Å². The molecule has 0 amide bonds. The minimum Gasteiger partial charge on any atom is -0.378 e. The summed E-state index contributed by atoms with van der Waals surface area (Å²) in [5, 5.41) is 3.61. The van der Waals surface area contributed by atoms with Crippen LogP contribution in [0.4, 0.5) is 0 Å². The van der Waals surface area contributed by atoms with E-state index in [4.69, 9.17) is 4.74 Å². The van der Waals surface area contributed by atoms with Crippen LogP contribution in [-0.4, -0.2) is 34.8 Å². The summed E-state index contributed by atoms with van der Waals surface area (Å²) in [5.41, 5.74) is 0. The fourth-order valence-corrected chi connectivity index (χ4v) is 3.02. The molecule has 2 unspecified atom stereocenters. The van der Waals surface area contributed by atoms with Crippen LogP contribution < -0.4 is 5.32 Å². The Balaban J connectivity index is 1.85. The van der Waals surface area contributed by atoms with E-state index in [1.807, 2.05) is 6.20 Å². The average Bonchev–Trinajstić information content (AvgIpc) is 3.09. The molecule has 1 N–H and O–H groups in total. The largest absolute Gasteiger partial charge is 0.378 e. The van der Waals surface area contributed by atoms with Crippen molar-refractivity contribution in [2.75, 3.05) is 13.2 Å². The molecular formula is C16H29N3O. The second-order valence-electron chi connectivity index (χ2n) is 5.71. The Labute approximate surface area is 122 Å². The molecule has 4 nitrogen and oxygen atoms in total. The summed E-state index contributed by atoms with van der Waals surface area (Å²) >= 11 is 0. The zero-order chi connectivity index (χ0) is 14.2. The fraction of sp³-hybridized carbons (Fsp3) is 0.812. The minimum absolute atomic E-state index is 0.492. The van der Waals surface area contributed by atoms with Crippen LogP contribution in [-0.2, 0) is 17.7 Å². The summed E-state index contributed by atoms with van der Waals surface area (Å²) in [6.45, 7) is 7.43. The maximum absolute atomic E-state index is 5.73. The first-order valence-electron chi connectivity index (χ1n) is 8.18. The molecule has 2 rings (SSSR count). The Morgan fingerprint density at radius 1 is 1.50 bits per heavy atom. The van der Waals surface area contributed by atoms with Crippen LogP contribution >= 0.6 is 0 Å². The lowest BCUT2D eigenvalue weighted by Gasteiger charge is -2.20. The second kappa shape index (κ2) is 8.42. The maximum atomic E-state index is 5.73. The molecule has 1 aliphatic rings. The summed E-state index contributed by atoms with van der Waals surface area (Å²) in [4.78, 5) is 4.53. The van der Waals surface area contributed by atoms with Crippen LogP contribution in [0.5, 0.6) is 0 Å². The molecule has 0 spiro atoms. The highest BCUT2D eigenvalue weighted by Gasteiger charge is 2.18. The molecule has 2 atom stereocenters. The Hall–Kier alpha value is -0.870. The lowest BCUT2D eigenvalue weighted by atomic mass is 10.0. The zero-order valence-electron chi connectivity index (χ0n) is 13.0. The number of nitrogens with one attached hydrogen (secondary N) is 1. The van der Waals surface area contributed by atoms with Gasteiger partial charge in [-0.2, -0.15) is 0 Å². The number of hydrogen-bond donors (Lipinski definition) is 1. The van der Waals surface area contributed by atoms with Crippen LogP contribution in [0, 0.1) is 0 Å². The third-order valence-electron chi connectivity index (χ3n) is 4.05. The quantitative estimate of drug-likeness (QED) is 0.755. The van der Waals surface area contributed by atoms with E-state index in [0.717, 1.165) is 32.5 Å². The van der Waals surface area contributed by atoms with Gasteiger partial charge in [0.15, 0.2) is 0 Å². The number of imidazole rings is 1. The molecule has 1 saturated heterocycles. The fourth-order valence-electron chi connectivity index (χ4n) is 3.02. The average molecular weight is 279 g/mol. The first-order valence-corrected chi connectivity index (χ1v) is 8.18. The first kappa shape index (κ1) is 15.5. The number of likely N-dealkylation sites (N-methyl/N-ethyl adjacent to an activating group) is 1. The van der Waals surface area contributed by atoms with Gasteiger partial charge in [0.1, 0.15) is 5.82 Å². The van der Waals surface area contributed by atoms with Gasteiger partial charge in [0.2, 0.25) is 0 Å². The molecule has 0 aromatic carbocycles. The van der Waals surface area contributed by atoms with Crippen molar-refractivity contribution in [2.24, 2.45) is 0 Å². The third-order valence-corrected chi connectivity index (χ3v) is 4.05. The highest BCUT2D eigenvalue weighted by Crippen LogP contribution is 2.18. The van der Waals surface area contributed by atoms with E-state index in [0.29, 0.717) is 12.1 Å². The normalized spacial score (nSPS) is 20.4. The Morgan fingerprint density at radius 2 is 2.40 bits per heavy atom. The van der Waals surface area contributed by atoms with Crippen molar-refractivity contribution in [1.29, 1.82) is 0 Å². The molecule has 0 radical (unpaired) electrons. The standard InChI is InChI=1S/C16H29N3O/c1-3-10-19-11-9-18-16(19)13-14(17-4-2)7-8-15-6-5-12-20-15/h9,11,14-15,17H,3-8,10,12-13H2,1-2H3. The van der Waals surface area contributed by atoms with E-state index in [1.54, 1.807) is 0 Å². The van der Waals surface area contributed by atoms with Gasteiger partial charge in [0, 0.05) is 38.0 Å². The van der Waals surface area contributed by atoms with Gasteiger partial charge in [-0.3, -0.25) is 0 Å². The van der Waals surface area contributed by atoms with E-state index in [9.17, 15) is 0 Å². The zero-order valence-corrected chi connectivity index (χ0v) is 13.0. The molecule has 20 heavy (non-hydrogen) atoms. The molecule has 0 bridgehead atoms. The molecule has 114 valence electrons. The molecule has 1 aromatic rings. The molecule has 0 saturated carbocycles. The SMILES string of the molecule is CCCn1ccnc1CC(CCC1CCCO1)NCC. The highest BCUT2D eigenvalue weighted by atomic mass is 16.5. The number of rotatable bonds is 9. The van der Waals surface area contributed by atoms with E-state index >= 15 is 0 Å². The Morgan fingerprint density at radius 3 is 3.10 bits per heavy atom. The van der Waals surface area contributed by atoms with Crippen molar-refractivity contribution in [3.8, 4) is 0 Å². The predicted molar refractivity (Wildman–Crippen MR) is 81.9 cm³/mol. The maximum Gasteiger partial charge on any atom is 0.110 e. The van der Waals surface area contributed by atoms with Crippen molar-refractivity contribution in [1.82, 2.24) is 14.9 Å². The van der Waals surface area contributed by atoms with Gasteiger partial charge >= 0.3 is 0 Å². The number of aromatic nitrogens is 2. The van der Waals surface area contributed by atoms with Crippen molar-refractivity contribution < 1.29 is 4.74 Å². The predicted octanol–water partition coefficient (Wildman–Crippen LogP) is 2.77. The van der Waals surface area contributed by atoms with Gasteiger partial charge in [-0.05, 0) is 38.6 Å². The lowest BCUT2D eigenvalue weighted by molar-refractivity contribution is 0.0995. The van der Waals surface area contributed by atoms with Crippen LogP contribution in [0.2, 0.25) is 0 Å². The molecule has 1 fully saturated rings. The molecule has 0 aliphatic carbocycles. The van der Waals surface area contributed by atoms with Crippen molar-refractivity contribution in [2.45, 2.75) is 71.1 Å². The number of ether oxygens (including phenoxy) is 1.